The van der Waals surface area contributed by atoms with E-state index in [0.717, 1.165) is 5.06 Å². The summed E-state index contributed by atoms with van der Waals surface area (Å²) >= 11 is 0. The molecule has 1 radical (unpaired) electrons. The van der Waals surface area contributed by atoms with E-state index in [4.69, 9.17) is 0 Å². The third-order valence-corrected chi connectivity index (χ3v) is 1.43. The van der Waals surface area contributed by atoms with E-state index in [0.29, 0.717) is 19.4 Å². The van der Waals surface area contributed by atoms with Gasteiger partial charge in [0.1, 0.15) is 0 Å². The van der Waals surface area contributed by atoms with Crippen molar-refractivity contribution >= 4 is 6.41 Å². The summed E-state index contributed by atoms with van der Waals surface area (Å²) in [5, 5.41) is 13.9. The maximum absolute atomic E-state index is 10.5. The normalized spacial score (nSPS) is 24.5. The van der Waals surface area contributed by atoms with Gasteiger partial charge in [-0.2, -0.15) is 0 Å². The fourth-order valence-electron chi connectivity index (χ4n) is 0.863. The van der Waals surface area contributed by atoms with E-state index in [1.165, 1.54) is 6.20 Å². The maximum Gasteiger partial charge on any atom is 0.207 e. The van der Waals surface area contributed by atoms with Gasteiger partial charge >= 0.3 is 0 Å². The zero-order chi connectivity index (χ0) is 7.40. The summed E-state index contributed by atoms with van der Waals surface area (Å²) < 4.78 is 0. The largest absolute Gasteiger partial charge is 0.352 e. The molecule has 0 aromatic rings. The number of carbonyl (C=O) groups excluding carboxylic acids is 1. The Morgan fingerprint density at radius 1 is 1.70 bits per heavy atom. The van der Waals surface area contributed by atoms with E-state index >= 15 is 0 Å². The van der Waals surface area contributed by atoms with E-state index in [1.807, 2.05) is 0 Å². The van der Waals surface area contributed by atoms with Crippen LogP contribution in [-0.2, 0) is 10.0 Å². The first-order valence-corrected chi connectivity index (χ1v) is 3.14. The first-order valence-electron chi connectivity index (χ1n) is 3.14. The molecule has 4 heteroatoms. The minimum absolute atomic E-state index is 0.0442. The van der Waals surface area contributed by atoms with Crippen molar-refractivity contribution in [3.63, 3.8) is 0 Å². The molecule has 55 valence electrons. The summed E-state index contributed by atoms with van der Waals surface area (Å²) in [6.07, 6.45) is 4.46. The van der Waals surface area contributed by atoms with Crippen molar-refractivity contribution in [3.05, 3.63) is 12.3 Å². The van der Waals surface area contributed by atoms with Crippen molar-refractivity contribution in [1.29, 1.82) is 0 Å². The molecule has 1 atom stereocenters. The Kier molecular flexibility index (Phi) is 2.28. The molecular formula is C6H9N2O2. The van der Waals surface area contributed by atoms with E-state index in [-0.39, 0.29) is 6.04 Å². The third-order valence-electron chi connectivity index (χ3n) is 1.43. The number of hydrogen-bond acceptors (Lipinski definition) is 2. The average molecular weight is 141 g/mol. The van der Waals surface area contributed by atoms with Gasteiger partial charge in [-0.05, 0) is 12.5 Å². The second-order valence-corrected chi connectivity index (χ2v) is 2.16. The number of hydrogen-bond donors (Lipinski definition) is 1. The fourth-order valence-corrected chi connectivity index (χ4v) is 0.863. The Labute approximate surface area is 59.1 Å². The summed E-state index contributed by atoms with van der Waals surface area (Å²) in [4.78, 5) is 9.92. The molecule has 0 spiro atoms. The number of amides is 1. The highest BCUT2D eigenvalue weighted by Gasteiger charge is 2.10. The lowest BCUT2D eigenvalue weighted by molar-refractivity contribution is -0.120. The molecule has 1 amide bonds. The Hall–Kier alpha value is -1.03. The van der Waals surface area contributed by atoms with Crippen LogP contribution < -0.4 is 5.32 Å². The van der Waals surface area contributed by atoms with E-state index < -0.39 is 0 Å². The zero-order valence-corrected chi connectivity index (χ0v) is 5.49. The molecule has 0 saturated heterocycles. The van der Waals surface area contributed by atoms with E-state index in [2.05, 4.69) is 5.32 Å². The zero-order valence-electron chi connectivity index (χ0n) is 5.49. The summed E-state index contributed by atoms with van der Waals surface area (Å²) in [5.74, 6) is 0. The van der Waals surface area contributed by atoms with Crippen LogP contribution in [0.25, 0.3) is 0 Å². The van der Waals surface area contributed by atoms with Crippen molar-refractivity contribution in [2.24, 2.45) is 0 Å². The lowest BCUT2D eigenvalue weighted by Gasteiger charge is -2.19. The monoisotopic (exact) mass is 141 g/mol. The third kappa shape index (κ3) is 1.73. The molecule has 0 aliphatic carbocycles. The highest BCUT2D eigenvalue weighted by molar-refractivity contribution is 5.47. The molecule has 4 nitrogen and oxygen atoms in total. The highest BCUT2D eigenvalue weighted by atomic mass is 16.5. The fraction of sp³-hybridized carbons (Fsp3) is 0.500. The van der Waals surface area contributed by atoms with Crippen molar-refractivity contribution in [2.45, 2.75) is 12.5 Å². The second-order valence-electron chi connectivity index (χ2n) is 2.16. The molecule has 0 saturated carbocycles. The Balaban J connectivity index is 2.37. The highest BCUT2D eigenvalue weighted by Crippen LogP contribution is 2.03. The van der Waals surface area contributed by atoms with Gasteiger partial charge in [0.15, 0.2) is 0 Å². The Bertz CT molecular complexity index is 147. The van der Waals surface area contributed by atoms with E-state index in [1.54, 1.807) is 6.08 Å². The van der Waals surface area contributed by atoms with Crippen molar-refractivity contribution in [1.82, 2.24) is 10.4 Å². The smallest absolute Gasteiger partial charge is 0.207 e. The molecule has 1 N–H and O–H groups in total. The van der Waals surface area contributed by atoms with Crippen molar-refractivity contribution in [3.8, 4) is 0 Å². The van der Waals surface area contributed by atoms with Crippen LogP contribution in [-0.4, -0.2) is 24.1 Å². The molecule has 0 fully saturated rings. The van der Waals surface area contributed by atoms with Crippen LogP contribution in [0.5, 0.6) is 0 Å². The van der Waals surface area contributed by atoms with Crippen LogP contribution in [0.15, 0.2) is 12.3 Å². The first-order chi connectivity index (χ1) is 4.83. The van der Waals surface area contributed by atoms with Gasteiger partial charge in [-0.3, -0.25) is 4.79 Å². The lowest BCUT2D eigenvalue weighted by Crippen LogP contribution is -2.32. The van der Waals surface area contributed by atoms with Crippen molar-refractivity contribution < 1.29 is 10.0 Å². The topological polar surface area (TPSA) is 52.2 Å². The van der Waals surface area contributed by atoms with Gasteiger partial charge in [-0.15, -0.1) is 0 Å². The molecule has 1 heterocycles. The minimum atomic E-state index is 0.0442. The van der Waals surface area contributed by atoms with Gasteiger partial charge in [0.25, 0.3) is 0 Å². The van der Waals surface area contributed by atoms with Crippen LogP contribution >= 0.6 is 0 Å². The second kappa shape index (κ2) is 3.22. The summed E-state index contributed by atoms with van der Waals surface area (Å²) in [7, 11) is 0. The van der Waals surface area contributed by atoms with Crippen molar-refractivity contribution in [2.75, 3.05) is 6.54 Å². The molecule has 1 rings (SSSR count). The van der Waals surface area contributed by atoms with Gasteiger partial charge in [-0.25, -0.2) is 5.06 Å². The maximum atomic E-state index is 10.5. The van der Waals surface area contributed by atoms with Crippen LogP contribution in [0.3, 0.4) is 0 Å². The number of hydroxylamine groups is 2. The predicted octanol–water partition coefficient (Wildman–Crippen LogP) is -0.334. The first kappa shape index (κ1) is 7.08. The molecule has 1 aliphatic heterocycles. The van der Waals surface area contributed by atoms with Gasteiger partial charge in [-0.1, -0.05) is 5.21 Å². The Morgan fingerprint density at radius 3 is 3.00 bits per heavy atom. The van der Waals surface area contributed by atoms with Gasteiger partial charge < -0.3 is 5.32 Å². The van der Waals surface area contributed by atoms with Crippen LogP contribution in [0.2, 0.25) is 0 Å². The number of rotatable bonds is 2. The molecule has 0 bridgehead atoms. The number of carbonyl (C=O) groups is 1. The molecule has 0 aromatic carbocycles. The summed E-state index contributed by atoms with van der Waals surface area (Å²) in [5.41, 5.74) is 0. The van der Waals surface area contributed by atoms with Crippen LogP contribution in [0, 0.1) is 0 Å². The predicted molar refractivity (Wildman–Crippen MR) is 34.1 cm³/mol. The van der Waals surface area contributed by atoms with Gasteiger partial charge in [0.05, 0.1) is 12.6 Å². The average Bonchev–Trinajstić information content (AvgIpc) is 1.95. The molecular weight excluding hydrogens is 132 g/mol. The Morgan fingerprint density at radius 2 is 2.50 bits per heavy atom. The van der Waals surface area contributed by atoms with Crippen LogP contribution in [0.4, 0.5) is 0 Å². The molecule has 0 aromatic heterocycles. The number of nitrogens with one attached hydrogen (secondary N) is 1. The molecule has 1 unspecified atom stereocenters. The summed E-state index contributed by atoms with van der Waals surface area (Å²) in [6, 6.07) is 0.0442. The molecule has 1 aliphatic rings. The van der Waals surface area contributed by atoms with Gasteiger partial charge in [0, 0.05) is 6.20 Å². The van der Waals surface area contributed by atoms with E-state index in [9.17, 15) is 10.0 Å². The van der Waals surface area contributed by atoms with Gasteiger partial charge in [0.2, 0.25) is 6.41 Å². The summed E-state index contributed by atoms with van der Waals surface area (Å²) in [6.45, 7) is 0.460. The lowest BCUT2D eigenvalue weighted by atomic mass is 10.1. The SMILES string of the molecule is [O]N1C=CC(NC=O)CC1. The minimum Gasteiger partial charge on any atom is -0.352 e. The quantitative estimate of drug-likeness (QED) is 0.535. The van der Waals surface area contributed by atoms with Crippen LogP contribution in [0.1, 0.15) is 6.42 Å². The number of nitrogens with zero attached hydrogens (tertiary/aromatic N) is 1. The standard InChI is InChI=1S/C6H9N2O2/c9-5-7-6-1-3-8(10)4-2-6/h1,3,5-6H,2,4H2,(H,7,9). The molecule has 10 heavy (non-hydrogen) atoms.